The van der Waals surface area contributed by atoms with E-state index in [1.54, 1.807) is 0 Å². The first kappa shape index (κ1) is 18.0. The summed E-state index contributed by atoms with van der Waals surface area (Å²) in [5, 5.41) is 0. The fraction of sp³-hybridized carbons (Fsp3) is 0.294. The maximum absolute atomic E-state index is 5.98. The molecule has 2 rings (SSSR count). The van der Waals surface area contributed by atoms with Crippen molar-refractivity contribution < 1.29 is 9.47 Å². The third-order valence-corrected chi connectivity index (χ3v) is 3.76. The van der Waals surface area contributed by atoms with Gasteiger partial charge in [0.2, 0.25) is 0 Å². The minimum Gasteiger partial charge on any atom is -0.449 e. The van der Waals surface area contributed by atoms with E-state index in [9.17, 15) is 0 Å². The summed E-state index contributed by atoms with van der Waals surface area (Å²) >= 11 is 0. The summed E-state index contributed by atoms with van der Waals surface area (Å²) in [4.78, 5) is 0. The van der Waals surface area contributed by atoms with E-state index in [-0.39, 0.29) is 17.0 Å². The molecule has 1 atom stereocenters. The molecule has 0 aromatic heterocycles. The van der Waals surface area contributed by atoms with Crippen LogP contribution in [0, 0.1) is 13.8 Å². The molecule has 0 saturated carbocycles. The van der Waals surface area contributed by atoms with Crippen molar-refractivity contribution in [3.8, 4) is 11.5 Å². The Morgan fingerprint density at radius 3 is 1.43 bits per heavy atom. The topological polar surface area (TPSA) is 18.5 Å². The largest absolute Gasteiger partial charge is 0.449 e. The second-order valence-electron chi connectivity index (χ2n) is 5.00. The van der Waals surface area contributed by atoms with Crippen LogP contribution in [0.5, 0.6) is 11.5 Å². The molecule has 1 unspecified atom stereocenters. The predicted molar refractivity (Wildman–Crippen MR) is 96.7 cm³/mol. The Hall–Kier alpha value is -1.05. The van der Waals surface area contributed by atoms with Gasteiger partial charge in [0, 0.05) is 6.42 Å². The highest BCUT2D eigenvalue weighted by Gasteiger charge is 2.26. The highest BCUT2D eigenvalue weighted by molar-refractivity contribution is 8.93. The Morgan fingerprint density at radius 2 is 1.14 bits per heavy atom. The van der Waals surface area contributed by atoms with Crippen LogP contribution >= 0.6 is 26.2 Å². The van der Waals surface area contributed by atoms with Gasteiger partial charge in [0.25, 0.3) is 5.53 Å². The van der Waals surface area contributed by atoms with Gasteiger partial charge in [-0.15, -0.1) is 17.0 Å². The van der Waals surface area contributed by atoms with Crippen molar-refractivity contribution in [2.24, 2.45) is 0 Å². The molecule has 0 amide bonds. The fourth-order valence-electron chi connectivity index (χ4n) is 1.78. The van der Waals surface area contributed by atoms with Gasteiger partial charge >= 0.3 is 0 Å². The molecule has 0 aliphatic rings. The SMILES string of the molecule is Br.CCC(P)(Oc1ccc(C)cc1)Oc1ccc(C)cc1. The molecule has 114 valence electrons. The monoisotopic (exact) mass is 368 g/mol. The van der Waals surface area contributed by atoms with Gasteiger partial charge in [0.05, 0.1) is 0 Å². The number of aryl methyl sites for hydroxylation is 2. The number of halogens is 1. The molecular weight excluding hydrogens is 347 g/mol. The van der Waals surface area contributed by atoms with E-state index in [2.05, 4.69) is 23.1 Å². The third kappa shape index (κ3) is 5.33. The molecule has 0 aliphatic carbocycles. The Labute approximate surface area is 139 Å². The zero-order valence-corrected chi connectivity index (χ0v) is 15.5. The molecule has 0 bridgehead atoms. The molecule has 0 fully saturated rings. The van der Waals surface area contributed by atoms with Gasteiger partial charge in [-0.2, -0.15) is 0 Å². The van der Waals surface area contributed by atoms with Crippen LogP contribution in [0.4, 0.5) is 0 Å². The van der Waals surface area contributed by atoms with E-state index in [4.69, 9.17) is 9.47 Å². The van der Waals surface area contributed by atoms with Crippen LogP contribution in [0.15, 0.2) is 48.5 Å². The maximum atomic E-state index is 5.98. The molecule has 0 spiro atoms. The molecule has 2 aromatic rings. The molecule has 0 N–H and O–H groups in total. The van der Waals surface area contributed by atoms with E-state index < -0.39 is 5.53 Å². The molecule has 2 aromatic carbocycles. The van der Waals surface area contributed by atoms with Gasteiger partial charge in [-0.3, -0.25) is 0 Å². The number of ether oxygens (including phenoxy) is 2. The summed E-state index contributed by atoms with van der Waals surface area (Å²) in [6.45, 7) is 6.15. The molecular formula is C17H22BrO2P. The summed E-state index contributed by atoms with van der Waals surface area (Å²) in [6.07, 6.45) is 0.722. The highest BCUT2D eigenvalue weighted by atomic mass is 79.9. The van der Waals surface area contributed by atoms with E-state index in [1.807, 2.05) is 55.5 Å². The highest BCUT2D eigenvalue weighted by Crippen LogP contribution is 2.31. The smallest absolute Gasteiger partial charge is 0.262 e. The van der Waals surface area contributed by atoms with Gasteiger partial charge in [-0.25, -0.2) is 0 Å². The number of hydrogen-bond donors (Lipinski definition) is 0. The second kappa shape index (κ2) is 7.82. The summed E-state index contributed by atoms with van der Waals surface area (Å²) < 4.78 is 12.0. The molecule has 2 nitrogen and oxygen atoms in total. The van der Waals surface area contributed by atoms with Crippen LogP contribution in [0.25, 0.3) is 0 Å². The van der Waals surface area contributed by atoms with Gasteiger partial charge in [-0.1, -0.05) is 42.3 Å². The number of benzene rings is 2. The zero-order valence-electron chi connectivity index (χ0n) is 12.6. The van der Waals surface area contributed by atoms with E-state index in [0.717, 1.165) is 17.9 Å². The second-order valence-corrected chi connectivity index (χ2v) is 5.88. The van der Waals surface area contributed by atoms with Gasteiger partial charge < -0.3 is 9.47 Å². The Morgan fingerprint density at radius 1 is 0.810 bits per heavy atom. The first-order valence-corrected chi connectivity index (χ1v) is 7.39. The van der Waals surface area contributed by atoms with Crippen molar-refractivity contribution in [1.82, 2.24) is 0 Å². The molecule has 0 aliphatic heterocycles. The van der Waals surface area contributed by atoms with Crippen molar-refractivity contribution in [2.45, 2.75) is 32.7 Å². The van der Waals surface area contributed by atoms with Crippen LogP contribution in [-0.4, -0.2) is 5.53 Å². The van der Waals surface area contributed by atoms with E-state index in [1.165, 1.54) is 11.1 Å². The van der Waals surface area contributed by atoms with Crippen molar-refractivity contribution in [1.29, 1.82) is 0 Å². The fourth-order valence-corrected chi connectivity index (χ4v) is 2.05. The van der Waals surface area contributed by atoms with Crippen molar-refractivity contribution in [3.63, 3.8) is 0 Å². The van der Waals surface area contributed by atoms with E-state index in [0.29, 0.717) is 0 Å². The first-order chi connectivity index (χ1) is 9.50. The zero-order chi connectivity index (χ0) is 14.6. The standard InChI is InChI=1S/C17H21O2P.BrH/c1-4-17(20,18-15-9-5-13(2)6-10-15)19-16-11-7-14(3)8-12-16;/h5-12H,4,20H2,1-3H3;1H. The average Bonchev–Trinajstić information content (AvgIpc) is 2.44. The van der Waals surface area contributed by atoms with Gasteiger partial charge in [0.15, 0.2) is 0 Å². The number of rotatable bonds is 5. The van der Waals surface area contributed by atoms with Gasteiger partial charge in [-0.05, 0) is 47.4 Å². The average molecular weight is 369 g/mol. The quantitative estimate of drug-likeness (QED) is 0.528. The molecule has 21 heavy (non-hydrogen) atoms. The third-order valence-electron chi connectivity index (χ3n) is 3.12. The lowest BCUT2D eigenvalue weighted by Gasteiger charge is -2.30. The summed E-state index contributed by atoms with van der Waals surface area (Å²) in [7, 11) is 2.67. The van der Waals surface area contributed by atoms with Crippen molar-refractivity contribution in [3.05, 3.63) is 59.7 Å². The lowest BCUT2D eigenvalue weighted by Crippen LogP contribution is -2.34. The molecule has 0 radical (unpaired) electrons. The minimum atomic E-state index is -0.746. The first-order valence-electron chi connectivity index (χ1n) is 6.81. The molecule has 0 heterocycles. The maximum Gasteiger partial charge on any atom is 0.262 e. The Bertz CT molecular complexity index is 505. The lowest BCUT2D eigenvalue weighted by molar-refractivity contribution is -0.0333. The van der Waals surface area contributed by atoms with Crippen LogP contribution in [-0.2, 0) is 0 Å². The Balaban J connectivity index is 0.00000220. The molecule has 0 saturated heterocycles. The summed E-state index contributed by atoms with van der Waals surface area (Å²) in [5.41, 5.74) is 1.68. The predicted octanol–water partition coefficient (Wildman–Crippen LogP) is 5.28. The van der Waals surface area contributed by atoms with Crippen LogP contribution in [0.3, 0.4) is 0 Å². The number of hydrogen-bond acceptors (Lipinski definition) is 2. The van der Waals surface area contributed by atoms with E-state index >= 15 is 0 Å². The van der Waals surface area contributed by atoms with Gasteiger partial charge in [0.1, 0.15) is 11.5 Å². The van der Waals surface area contributed by atoms with Crippen molar-refractivity contribution in [2.75, 3.05) is 0 Å². The van der Waals surface area contributed by atoms with Crippen molar-refractivity contribution >= 4 is 26.2 Å². The van der Waals surface area contributed by atoms with Crippen LogP contribution in [0.2, 0.25) is 0 Å². The molecule has 4 heteroatoms. The van der Waals surface area contributed by atoms with Crippen LogP contribution in [0.1, 0.15) is 24.5 Å². The summed E-state index contributed by atoms with van der Waals surface area (Å²) in [5.74, 6) is 1.61. The normalized spacial score (nSPS) is 10.7. The Kier molecular flexibility index (Phi) is 6.70. The van der Waals surface area contributed by atoms with Crippen LogP contribution < -0.4 is 9.47 Å². The lowest BCUT2D eigenvalue weighted by atomic mass is 10.2. The minimum absolute atomic E-state index is 0. The summed E-state index contributed by atoms with van der Waals surface area (Å²) in [6, 6.07) is 16.0.